The van der Waals surface area contributed by atoms with Crippen LogP contribution in [0, 0.1) is 0 Å². The number of alkyl halides is 1. The Bertz CT molecular complexity index is 130. The van der Waals surface area contributed by atoms with E-state index in [0.717, 1.165) is 0 Å². The fraction of sp³-hybridized carbons (Fsp3) is 1.00. The van der Waals surface area contributed by atoms with Gasteiger partial charge in [-0.15, -0.1) is 11.6 Å². The second kappa shape index (κ2) is 5.61. The number of rotatable bonds is 2. The van der Waals surface area contributed by atoms with Crippen LogP contribution in [-0.4, -0.2) is 24.6 Å². The summed E-state index contributed by atoms with van der Waals surface area (Å²) in [5.41, 5.74) is 0. The molecular weight excluding hydrogens is 179 g/mol. The SMILES string of the molecule is O=S(=O)([O-])CCCl.[K+]. The molecule has 0 aromatic carbocycles. The van der Waals surface area contributed by atoms with E-state index in [9.17, 15) is 13.0 Å². The molecule has 0 rings (SSSR count). The largest absolute Gasteiger partial charge is 1.00 e. The maximum atomic E-state index is 9.59. The molecule has 0 heterocycles. The van der Waals surface area contributed by atoms with E-state index >= 15 is 0 Å². The van der Waals surface area contributed by atoms with Crippen molar-refractivity contribution in [1.82, 2.24) is 0 Å². The zero-order valence-electron chi connectivity index (χ0n) is 4.43. The van der Waals surface area contributed by atoms with Gasteiger partial charge in [0.2, 0.25) is 0 Å². The normalized spacial score (nSPS) is 10.2. The van der Waals surface area contributed by atoms with Crippen LogP contribution in [0.2, 0.25) is 0 Å². The first-order valence-corrected chi connectivity index (χ1v) is 3.67. The summed E-state index contributed by atoms with van der Waals surface area (Å²) in [6, 6.07) is 0. The van der Waals surface area contributed by atoms with Crippen LogP contribution in [-0.2, 0) is 10.1 Å². The van der Waals surface area contributed by atoms with Gasteiger partial charge in [-0.05, 0) is 0 Å². The summed E-state index contributed by atoms with van der Waals surface area (Å²) >= 11 is 4.91. The molecule has 8 heavy (non-hydrogen) atoms. The summed E-state index contributed by atoms with van der Waals surface area (Å²) in [5.74, 6) is -0.597. The second-order valence-corrected chi connectivity index (χ2v) is 2.85. The van der Waals surface area contributed by atoms with Crippen LogP contribution in [0.15, 0.2) is 0 Å². The topological polar surface area (TPSA) is 57.2 Å². The minimum absolute atomic E-state index is 0. The summed E-state index contributed by atoms with van der Waals surface area (Å²) in [5, 5.41) is 0. The van der Waals surface area contributed by atoms with E-state index in [2.05, 4.69) is 0 Å². The zero-order valence-corrected chi connectivity index (χ0v) is 9.12. The molecular formula is C2H4ClKO3S. The Morgan fingerprint density at radius 2 is 1.88 bits per heavy atom. The van der Waals surface area contributed by atoms with E-state index < -0.39 is 15.9 Å². The molecule has 0 radical (unpaired) electrons. The van der Waals surface area contributed by atoms with Crippen molar-refractivity contribution in [2.24, 2.45) is 0 Å². The van der Waals surface area contributed by atoms with Crippen LogP contribution < -0.4 is 51.4 Å². The van der Waals surface area contributed by atoms with Gasteiger partial charge in [0.05, 0.1) is 15.9 Å². The molecule has 6 heteroatoms. The standard InChI is InChI=1S/C2H5ClO3S.K/c3-1-2-7(4,5)6;/h1-2H2,(H,4,5,6);/q;+1/p-1. The van der Waals surface area contributed by atoms with E-state index in [0.29, 0.717) is 0 Å². The van der Waals surface area contributed by atoms with Gasteiger partial charge in [-0.3, -0.25) is 0 Å². The quantitative estimate of drug-likeness (QED) is 0.257. The Labute approximate surface area is 96.0 Å². The van der Waals surface area contributed by atoms with Crippen LogP contribution in [0.3, 0.4) is 0 Å². The van der Waals surface area contributed by atoms with Gasteiger partial charge in [0.1, 0.15) is 0 Å². The van der Waals surface area contributed by atoms with Gasteiger partial charge in [0.25, 0.3) is 0 Å². The first-order chi connectivity index (χ1) is 3.06. The summed E-state index contributed by atoms with van der Waals surface area (Å²) < 4.78 is 28.8. The third-order valence-corrected chi connectivity index (χ3v) is 1.44. The first-order valence-electron chi connectivity index (χ1n) is 1.56. The van der Waals surface area contributed by atoms with Gasteiger partial charge in [0.15, 0.2) is 0 Å². The summed E-state index contributed by atoms with van der Waals surface area (Å²) in [6.07, 6.45) is 0. The average molecular weight is 183 g/mol. The van der Waals surface area contributed by atoms with E-state index in [1.807, 2.05) is 0 Å². The Kier molecular flexibility index (Phi) is 8.77. The molecule has 0 fully saturated rings. The van der Waals surface area contributed by atoms with E-state index in [1.165, 1.54) is 0 Å². The third kappa shape index (κ3) is 10.8. The molecule has 0 aliphatic heterocycles. The zero-order chi connectivity index (χ0) is 5.91. The van der Waals surface area contributed by atoms with Crippen LogP contribution in [0.25, 0.3) is 0 Å². The Morgan fingerprint density at radius 1 is 1.50 bits per heavy atom. The fourth-order valence-corrected chi connectivity index (χ4v) is 0.850. The maximum absolute atomic E-state index is 9.59. The molecule has 0 spiro atoms. The number of hydrogen-bond acceptors (Lipinski definition) is 3. The predicted molar refractivity (Wildman–Crippen MR) is 25.3 cm³/mol. The molecule has 0 aromatic rings. The molecule has 0 unspecified atom stereocenters. The first kappa shape index (κ1) is 12.5. The van der Waals surface area contributed by atoms with Crippen molar-refractivity contribution in [3.8, 4) is 0 Å². The summed E-state index contributed by atoms with van der Waals surface area (Å²) in [4.78, 5) is 0. The molecule has 0 aromatic heterocycles. The van der Waals surface area contributed by atoms with Gasteiger partial charge < -0.3 is 4.55 Å². The molecule has 0 aliphatic rings. The summed E-state index contributed by atoms with van der Waals surface area (Å²) in [7, 11) is -4.06. The van der Waals surface area contributed by atoms with Gasteiger partial charge in [0, 0.05) is 5.88 Å². The van der Waals surface area contributed by atoms with Crippen molar-refractivity contribution >= 4 is 21.7 Å². The van der Waals surface area contributed by atoms with Crippen LogP contribution in [0.1, 0.15) is 0 Å². The molecule has 44 valence electrons. The van der Waals surface area contributed by atoms with Gasteiger partial charge in [-0.25, -0.2) is 8.42 Å². The molecule has 0 aliphatic carbocycles. The number of halogens is 1. The van der Waals surface area contributed by atoms with E-state index in [1.54, 1.807) is 0 Å². The van der Waals surface area contributed by atoms with Crippen molar-refractivity contribution in [1.29, 1.82) is 0 Å². The number of hydrogen-bond donors (Lipinski definition) is 0. The average Bonchev–Trinajstić information content (AvgIpc) is 1.30. The monoisotopic (exact) mass is 182 g/mol. The Morgan fingerprint density at radius 3 is 1.88 bits per heavy atom. The van der Waals surface area contributed by atoms with Gasteiger partial charge in [-0.1, -0.05) is 0 Å². The fourth-order valence-electron chi connectivity index (χ4n) is 0.0945. The van der Waals surface area contributed by atoms with E-state index in [-0.39, 0.29) is 57.3 Å². The van der Waals surface area contributed by atoms with Crippen LogP contribution in [0.4, 0.5) is 0 Å². The summed E-state index contributed by atoms with van der Waals surface area (Å²) in [6.45, 7) is 0. The van der Waals surface area contributed by atoms with Gasteiger partial charge >= 0.3 is 51.4 Å². The third-order valence-electron chi connectivity index (χ3n) is 0.327. The Balaban J connectivity index is 0. The van der Waals surface area contributed by atoms with Crippen molar-refractivity contribution in [3.63, 3.8) is 0 Å². The van der Waals surface area contributed by atoms with Crippen LogP contribution in [0.5, 0.6) is 0 Å². The van der Waals surface area contributed by atoms with Crippen LogP contribution >= 0.6 is 11.6 Å². The molecule has 0 N–H and O–H groups in total. The van der Waals surface area contributed by atoms with Crippen molar-refractivity contribution in [3.05, 3.63) is 0 Å². The molecule has 0 saturated carbocycles. The second-order valence-electron chi connectivity index (χ2n) is 0.951. The maximum Gasteiger partial charge on any atom is 1.00 e. The predicted octanol–water partition coefficient (Wildman–Crippen LogP) is -3.23. The van der Waals surface area contributed by atoms with Gasteiger partial charge in [-0.2, -0.15) is 0 Å². The molecule has 0 atom stereocenters. The van der Waals surface area contributed by atoms with Crippen molar-refractivity contribution < 1.29 is 64.4 Å². The molecule has 0 amide bonds. The minimum atomic E-state index is -4.06. The molecule has 0 bridgehead atoms. The Hall–Kier alpha value is 1.84. The van der Waals surface area contributed by atoms with E-state index in [4.69, 9.17) is 11.6 Å². The molecule has 0 saturated heterocycles. The van der Waals surface area contributed by atoms with Crippen molar-refractivity contribution in [2.75, 3.05) is 11.6 Å². The smallest absolute Gasteiger partial charge is 0.748 e. The van der Waals surface area contributed by atoms with Crippen molar-refractivity contribution in [2.45, 2.75) is 0 Å². The minimum Gasteiger partial charge on any atom is -0.748 e. The molecule has 3 nitrogen and oxygen atoms in total.